The Balaban J connectivity index is 1.72. The molecule has 0 bridgehead atoms. The second-order valence-electron chi connectivity index (χ2n) is 9.51. The molecule has 0 amide bonds. The minimum absolute atomic E-state index is 0.0971. The van der Waals surface area contributed by atoms with E-state index in [0.717, 1.165) is 18.4 Å². The van der Waals surface area contributed by atoms with Gasteiger partial charge in [-0.1, -0.05) is 24.3 Å². The number of aliphatic hydroxyl groups is 1. The molecule has 1 N–H and O–H groups in total. The first-order chi connectivity index (χ1) is 16.0. The van der Waals surface area contributed by atoms with Gasteiger partial charge in [0, 0.05) is 25.8 Å². The Bertz CT molecular complexity index is 1270. The Kier molecular flexibility index (Phi) is 7.77. The number of sulfone groups is 2. The number of hydrogen-bond donors (Lipinski definition) is 1. The Morgan fingerprint density at radius 1 is 1.00 bits per heavy atom. The van der Waals surface area contributed by atoms with E-state index in [1.807, 2.05) is 0 Å². The zero-order chi connectivity index (χ0) is 26.2. The van der Waals surface area contributed by atoms with Crippen LogP contribution in [0.1, 0.15) is 37.8 Å². The summed E-state index contributed by atoms with van der Waals surface area (Å²) in [6, 6.07) is 10.3. The number of benzene rings is 2. The van der Waals surface area contributed by atoms with Crippen molar-refractivity contribution in [1.29, 1.82) is 0 Å². The molecule has 0 radical (unpaired) electrons. The molecular weight excluding hydrogens is 503 g/mol. The minimum atomic E-state index is -4.65. The van der Waals surface area contributed by atoms with Crippen molar-refractivity contribution in [2.75, 3.05) is 19.3 Å². The summed E-state index contributed by atoms with van der Waals surface area (Å²) in [6.45, 7) is 3.80. The van der Waals surface area contributed by atoms with E-state index >= 15 is 0 Å². The lowest BCUT2D eigenvalue weighted by molar-refractivity contribution is -0.137. The summed E-state index contributed by atoms with van der Waals surface area (Å²) in [4.78, 5) is 1.56. The van der Waals surface area contributed by atoms with E-state index in [1.165, 1.54) is 26.0 Å². The first-order valence-corrected chi connectivity index (χ1v) is 14.5. The van der Waals surface area contributed by atoms with Crippen molar-refractivity contribution in [3.05, 3.63) is 59.7 Å². The maximum atomic E-state index is 13.3. The molecule has 1 aliphatic heterocycles. The highest BCUT2D eigenvalue weighted by molar-refractivity contribution is 7.92. The summed E-state index contributed by atoms with van der Waals surface area (Å²) in [5, 5.41) is 10.8. The molecule has 0 spiro atoms. The van der Waals surface area contributed by atoms with Crippen LogP contribution in [0.15, 0.2) is 58.3 Å². The Morgan fingerprint density at radius 3 is 2.17 bits per heavy atom. The second kappa shape index (κ2) is 9.84. The zero-order valence-electron chi connectivity index (χ0n) is 19.8. The fourth-order valence-electron chi connectivity index (χ4n) is 4.62. The summed E-state index contributed by atoms with van der Waals surface area (Å²) in [7, 11) is -7.54. The van der Waals surface area contributed by atoms with Crippen molar-refractivity contribution >= 4 is 19.7 Å². The fraction of sp³-hybridized carbons (Fsp3) is 0.500. The minimum Gasteiger partial charge on any atom is -0.378 e. The van der Waals surface area contributed by atoms with Crippen LogP contribution in [-0.2, 0) is 32.3 Å². The van der Waals surface area contributed by atoms with Crippen molar-refractivity contribution in [3.63, 3.8) is 0 Å². The van der Waals surface area contributed by atoms with Gasteiger partial charge in [0.2, 0.25) is 0 Å². The van der Waals surface area contributed by atoms with Crippen molar-refractivity contribution in [1.82, 2.24) is 4.90 Å². The number of nitrogens with zero attached hydrogens (tertiary/aromatic N) is 1. The molecule has 35 heavy (non-hydrogen) atoms. The van der Waals surface area contributed by atoms with E-state index in [-0.39, 0.29) is 22.1 Å². The number of rotatable bonds is 7. The lowest BCUT2D eigenvalue weighted by atomic mass is 9.85. The van der Waals surface area contributed by atoms with Crippen molar-refractivity contribution < 1.29 is 35.1 Å². The number of hydrogen-bond acceptors (Lipinski definition) is 6. The number of alkyl halides is 3. The van der Waals surface area contributed by atoms with Gasteiger partial charge in [-0.2, -0.15) is 13.2 Å². The van der Waals surface area contributed by atoms with Gasteiger partial charge in [0.15, 0.2) is 19.7 Å². The highest BCUT2D eigenvalue weighted by Gasteiger charge is 2.45. The van der Waals surface area contributed by atoms with E-state index in [2.05, 4.69) is 0 Å². The zero-order valence-corrected chi connectivity index (χ0v) is 21.4. The normalized spacial score (nSPS) is 17.9. The SMILES string of the molecule is CC(C)(C1CCN(C(O)Cc2ccccc2S(C)(=O)=O)CC1)S(=O)(=O)c1cccc(C(F)(F)F)c1. The summed E-state index contributed by atoms with van der Waals surface area (Å²) in [5.41, 5.74) is -0.515. The summed E-state index contributed by atoms with van der Waals surface area (Å²) in [5.74, 6) is -0.339. The van der Waals surface area contributed by atoms with Crippen LogP contribution >= 0.6 is 0 Å². The number of halogens is 3. The molecule has 6 nitrogen and oxygen atoms in total. The Hall–Kier alpha value is -1.95. The van der Waals surface area contributed by atoms with Gasteiger partial charge in [0.1, 0.15) is 6.23 Å². The first-order valence-electron chi connectivity index (χ1n) is 11.2. The first kappa shape index (κ1) is 27.6. The predicted molar refractivity (Wildman–Crippen MR) is 126 cm³/mol. The largest absolute Gasteiger partial charge is 0.416 e. The van der Waals surface area contributed by atoms with Gasteiger partial charge >= 0.3 is 6.18 Å². The van der Waals surface area contributed by atoms with Crippen LogP contribution in [-0.4, -0.2) is 57.2 Å². The van der Waals surface area contributed by atoms with Gasteiger partial charge in [-0.3, -0.25) is 4.90 Å². The molecule has 1 saturated heterocycles. The van der Waals surface area contributed by atoms with Crippen LogP contribution in [0.25, 0.3) is 0 Å². The molecule has 2 aromatic carbocycles. The lowest BCUT2D eigenvalue weighted by Crippen LogP contribution is -2.49. The number of likely N-dealkylation sites (tertiary alicyclic amines) is 1. The maximum Gasteiger partial charge on any atom is 0.416 e. The predicted octanol–water partition coefficient (Wildman–Crippen LogP) is 3.93. The molecule has 2 aromatic rings. The molecule has 1 heterocycles. The van der Waals surface area contributed by atoms with Crippen molar-refractivity contribution in [2.45, 2.75) is 60.1 Å². The van der Waals surface area contributed by atoms with E-state index in [9.17, 15) is 35.1 Å². The smallest absolute Gasteiger partial charge is 0.378 e. The van der Waals surface area contributed by atoms with E-state index < -0.39 is 42.4 Å². The van der Waals surface area contributed by atoms with Gasteiger partial charge in [0.05, 0.1) is 20.1 Å². The van der Waals surface area contributed by atoms with Crippen molar-refractivity contribution in [3.8, 4) is 0 Å². The molecular formula is C24H30F3NO5S2. The van der Waals surface area contributed by atoms with Crippen LogP contribution in [0.3, 0.4) is 0 Å². The maximum absolute atomic E-state index is 13.3. The third kappa shape index (κ3) is 5.90. The summed E-state index contributed by atoms with van der Waals surface area (Å²) < 4.78 is 88.8. The Labute approximate surface area is 204 Å². The molecule has 0 saturated carbocycles. The highest BCUT2D eigenvalue weighted by Crippen LogP contribution is 2.39. The lowest BCUT2D eigenvalue weighted by Gasteiger charge is -2.41. The van der Waals surface area contributed by atoms with Gasteiger partial charge < -0.3 is 5.11 Å². The third-order valence-corrected chi connectivity index (χ3v) is 10.7. The van der Waals surface area contributed by atoms with E-state index in [4.69, 9.17) is 0 Å². The van der Waals surface area contributed by atoms with Gasteiger partial charge in [-0.25, -0.2) is 16.8 Å². The van der Waals surface area contributed by atoms with Gasteiger partial charge in [-0.15, -0.1) is 0 Å². The Morgan fingerprint density at radius 2 is 1.60 bits per heavy atom. The molecule has 1 unspecified atom stereocenters. The molecule has 11 heteroatoms. The average Bonchev–Trinajstić information content (AvgIpc) is 2.78. The summed E-state index contributed by atoms with van der Waals surface area (Å²) in [6.07, 6.45) is -3.57. The molecule has 1 fully saturated rings. The standard InChI is InChI=1S/C24H30F3NO5S2/c1-23(2,35(32,33)20-9-6-8-19(16-20)24(25,26)27)18-11-13-28(14-12-18)22(29)15-17-7-4-5-10-21(17)34(3,30)31/h4-10,16,18,22,29H,11-15H2,1-3H3. The van der Waals surface area contributed by atoms with Crippen LogP contribution in [0.5, 0.6) is 0 Å². The molecule has 0 aliphatic carbocycles. The van der Waals surface area contributed by atoms with Gasteiger partial charge in [0.25, 0.3) is 0 Å². The average molecular weight is 534 g/mol. The third-order valence-electron chi connectivity index (χ3n) is 6.87. The number of aliphatic hydroxyl groups excluding tert-OH is 1. The summed E-state index contributed by atoms with van der Waals surface area (Å²) >= 11 is 0. The van der Waals surface area contributed by atoms with Crippen LogP contribution in [0.2, 0.25) is 0 Å². The number of piperidine rings is 1. The molecule has 0 aromatic heterocycles. The van der Waals surface area contributed by atoms with Gasteiger partial charge in [-0.05, 0) is 62.4 Å². The topological polar surface area (TPSA) is 91.8 Å². The molecule has 1 atom stereocenters. The van der Waals surface area contributed by atoms with Crippen LogP contribution in [0, 0.1) is 5.92 Å². The van der Waals surface area contributed by atoms with Crippen LogP contribution < -0.4 is 0 Å². The monoisotopic (exact) mass is 533 g/mol. The molecule has 1 aliphatic rings. The quantitative estimate of drug-likeness (QED) is 0.580. The molecule has 194 valence electrons. The van der Waals surface area contributed by atoms with Crippen molar-refractivity contribution in [2.24, 2.45) is 5.92 Å². The second-order valence-corrected chi connectivity index (χ2v) is 14.0. The highest BCUT2D eigenvalue weighted by atomic mass is 32.2. The van der Waals surface area contributed by atoms with E-state index in [0.29, 0.717) is 37.6 Å². The fourth-order valence-corrected chi connectivity index (χ4v) is 7.39. The van der Waals surface area contributed by atoms with Crippen LogP contribution in [0.4, 0.5) is 13.2 Å². The molecule has 3 rings (SSSR count). The van der Waals surface area contributed by atoms with E-state index in [1.54, 1.807) is 23.1 Å².